The zero-order valence-electron chi connectivity index (χ0n) is 29.0. The van der Waals surface area contributed by atoms with Crippen molar-refractivity contribution in [3.63, 3.8) is 0 Å². The van der Waals surface area contributed by atoms with Crippen LogP contribution in [-0.2, 0) is 25.8 Å². The van der Waals surface area contributed by atoms with Gasteiger partial charge in [-0.3, -0.25) is 24.0 Å². The molecular weight excluding hydrogens is 626 g/mol. The summed E-state index contributed by atoms with van der Waals surface area (Å²) in [4.78, 5) is 80.4. The average molecular weight is 676 g/mol. The fourth-order valence-electron chi connectivity index (χ4n) is 6.02. The second kappa shape index (κ2) is 16.1. The van der Waals surface area contributed by atoms with Crippen molar-refractivity contribution in [3.05, 3.63) is 65.7 Å². The number of amides is 5. The van der Waals surface area contributed by atoms with Gasteiger partial charge in [0.25, 0.3) is 5.91 Å². The topological polar surface area (TPSA) is 177 Å². The van der Waals surface area contributed by atoms with Crippen molar-refractivity contribution in [1.29, 1.82) is 0 Å². The number of nitrogens with one attached hydrogen (secondary N) is 3. The maximum absolute atomic E-state index is 14.0. The van der Waals surface area contributed by atoms with Gasteiger partial charge in [-0.1, -0.05) is 89.9 Å². The summed E-state index contributed by atoms with van der Waals surface area (Å²) in [5.41, 5.74) is 5.73. The van der Waals surface area contributed by atoms with E-state index in [9.17, 15) is 28.8 Å². The first-order chi connectivity index (χ1) is 23.2. The minimum atomic E-state index is -1.12. The Morgan fingerprint density at radius 2 is 1.55 bits per heavy atom. The highest BCUT2D eigenvalue weighted by Gasteiger charge is 2.43. The molecule has 1 saturated carbocycles. The van der Waals surface area contributed by atoms with Crippen LogP contribution in [0.2, 0.25) is 0 Å². The van der Waals surface area contributed by atoms with Crippen LogP contribution in [0, 0.1) is 17.3 Å². The minimum Gasteiger partial charge on any atom is -0.488 e. The van der Waals surface area contributed by atoms with Crippen LogP contribution < -0.4 is 26.4 Å². The number of hydrogen-bond donors (Lipinski definition) is 4. The predicted molar refractivity (Wildman–Crippen MR) is 183 cm³/mol. The van der Waals surface area contributed by atoms with E-state index in [0.29, 0.717) is 30.6 Å². The summed E-state index contributed by atoms with van der Waals surface area (Å²) in [6.07, 6.45) is 3.03. The molecule has 2 fully saturated rings. The summed E-state index contributed by atoms with van der Waals surface area (Å²) in [5, 5.41) is 8.24. The molecule has 2 aliphatic rings. The molecule has 2 aromatic carbocycles. The maximum atomic E-state index is 14.0. The first-order valence-corrected chi connectivity index (χ1v) is 17.0. The third-order valence-electron chi connectivity index (χ3n) is 8.99. The van der Waals surface area contributed by atoms with Crippen LogP contribution in [0.15, 0.2) is 54.6 Å². The van der Waals surface area contributed by atoms with E-state index in [2.05, 4.69) is 16.0 Å². The average Bonchev–Trinajstić information content (AvgIpc) is 3.74. The van der Waals surface area contributed by atoms with Crippen molar-refractivity contribution in [3.8, 4) is 5.75 Å². The lowest BCUT2D eigenvalue weighted by molar-refractivity contribution is -0.143. The molecule has 1 heterocycles. The summed E-state index contributed by atoms with van der Waals surface area (Å²) in [7, 11) is 0. The standard InChI is InChI=1S/C37H49N5O7/c1-22(2)29(30(43)25-14-9-10-16-28(25)49-21-24-12-7-6-8-13-24)40-36(48)41-32(37(3,4)5)35(47)42-19-11-15-27(42)34(46)39-26(20-23-17-18-23)31(44)33(38)45/h6-10,12-14,16,22-23,26-27,29,32H,11,15,17-21H2,1-5H3,(H2,38,45)(H,39,46)(H2,40,41,48)/t26?,27-,29?,32?/m0/s1. The zero-order chi connectivity index (χ0) is 35.9. The molecule has 12 heteroatoms. The third-order valence-corrected chi connectivity index (χ3v) is 8.99. The van der Waals surface area contributed by atoms with E-state index in [1.54, 1.807) is 45.0 Å². The fraction of sp³-hybridized carbons (Fsp3) is 0.514. The Bertz CT molecular complexity index is 1530. The molecule has 0 spiro atoms. The highest BCUT2D eigenvalue weighted by Crippen LogP contribution is 2.34. The summed E-state index contributed by atoms with van der Waals surface area (Å²) in [5.74, 6) is -3.00. The molecule has 264 valence electrons. The van der Waals surface area contributed by atoms with Gasteiger partial charge in [0.15, 0.2) is 5.78 Å². The highest BCUT2D eigenvalue weighted by atomic mass is 16.5. The van der Waals surface area contributed by atoms with Crippen LogP contribution >= 0.6 is 0 Å². The molecule has 49 heavy (non-hydrogen) atoms. The van der Waals surface area contributed by atoms with Crippen molar-refractivity contribution in [1.82, 2.24) is 20.9 Å². The molecular formula is C37H49N5O7. The van der Waals surface area contributed by atoms with Crippen LogP contribution in [0.3, 0.4) is 0 Å². The molecule has 5 amide bonds. The number of nitrogens with zero attached hydrogens (tertiary/aromatic N) is 1. The van der Waals surface area contributed by atoms with E-state index < -0.39 is 59.1 Å². The van der Waals surface area contributed by atoms with Gasteiger partial charge < -0.3 is 31.3 Å². The lowest BCUT2D eigenvalue weighted by atomic mass is 9.85. The number of urea groups is 1. The normalized spacial score (nSPS) is 17.8. The lowest BCUT2D eigenvalue weighted by Crippen LogP contribution is -2.61. The van der Waals surface area contributed by atoms with Gasteiger partial charge in [0.05, 0.1) is 17.6 Å². The molecule has 5 N–H and O–H groups in total. The van der Waals surface area contributed by atoms with E-state index in [-0.39, 0.29) is 30.8 Å². The molecule has 0 aromatic heterocycles. The number of ether oxygens (including phenoxy) is 1. The first-order valence-electron chi connectivity index (χ1n) is 17.0. The summed E-state index contributed by atoms with van der Waals surface area (Å²) < 4.78 is 6.00. The maximum Gasteiger partial charge on any atom is 0.316 e. The van der Waals surface area contributed by atoms with Crippen molar-refractivity contribution in [2.75, 3.05) is 6.54 Å². The van der Waals surface area contributed by atoms with Gasteiger partial charge >= 0.3 is 6.03 Å². The van der Waals surface area contributed by atoms with Crippen LogP contribution in [0.4, 0.5) is 4.79 Å². The zero-order valence-corrected chi connectivity index (χ0v) is 29.0. The Kier molecular flexibility index (Phi) is 12.2. The number of nitrogens with two attached hydrogens (primary N) is 1. The molecule has 4 rings (SSSR count). The number of hydrogen-bond acceptors (Lipinski definition) is 7. The van der Waals surface area contributed by atoms with E-state index in [4.69, 9.17) is 10.5 Å². The summed E-state index contributed by atoms with van der Waals surface area (Å²) in [6, 6.07) is 11.8. The Labute approximate surface area is 287 Å². The van der Waals surface area contributed by atoms with Gasteiger partial charge in [-0.25, -0.2) is 4.79 Å². The SMILES string of the molecule is CC(C)C(NC(=O)NC(C(=O)N1CCC[C@H]1C(=O)NC(CC1CC1)C(=O)C(N)=O)C(C)(C)C)C(=O)c1ccccc1OCc1ccccc1. The molecule has 2 aromatic rings. The number of para-hydroxylation sites is 1. The lowest BCUT2D eigenvalue weighted by Gasteiger charge is -2.36. The minimum absolute atomic E-state index is 0.236. The molecule has 1 aliphatic carbocycles. The Morgan fingerprint density at radius 1 is 0.898 bits per heavy atom. The third kappa shape index (κ3) is 9.90. The quantitative estimate of drug-likeness (QED) is 0.165. The van der Waals surface area contributed by atoms with Crippen molar-refractivity contribution < 1.29 is 33.5 Å². The smallest absolute Gasteiger partial charge is 0.316 e. The summed E-state index contributed by atoms with van der Waals surface area (Å²) in [6.45, 7) is 9.55. The first kappa shape index (κ1) is 37.1. The number of Topliss-reactive ketones (excluding diaryl/α,β-unsaturated/α-hetero) is 2. The van der Waals surface area contributed by atoms with Crippen LogP contribution in [-0.4, -0.2) is 70.9 Å². The molecule has 0 bridgehead atoms. The van der Waals surface area contributed by atoms with Crippen LogP contribution in [0.1, 0.15) is 82.6 Å². The number of benzene rings is 2. The van der Waals surface area contributed by atoms with Crippen molar-refractivity contribution in [2.45, 2.75) is 97.5 Å². The van der Waals surface area contributed by atoms with E-state index in [1.807, 2.05) is 44.2 Å². The second-order valence-electron chi connectivity index (χ2n) is 14.4. The molecule has 12 nitrogen and oxygen atoms in total. The highest BCUT2D eigenvalue weighted by molar-refractivity contribution is 6.37. The molecule has 0 radical (unpaired) electrons. The van der Waals surface area contributed by atoms with Gasteiger partial charge in [0, 0.05) is 6.54 Å². The second-order valence-corrected chi connectivity index (χ2v) is 14.4. The van der Waals surface area contributed by atoms with Gasteiger partial charge in [-0.15, -0.1) is 0 Å². The molecule has 4 atom stereocenters. The molecule has 3 unspecified atom stereocenters. The Morgan fingerprint density at radius 3 is 2.16 bits per heavy atom. The van der Waals surface area contributed by atoms with Crippen LogP contribution in [0.5, 0.6) is 5.75 Å². The van der Waals surface area contributed by atoms with E-state index >= 15 is 0 Å². The van der Waals surface area contributed by atoms with Crippen molar-refractivity contribution in [2.24, 2.45) is 23.0 Å². The number of carbonyl (C=O) groups excluding carboxylic acids is 6. The summed E-state index contributed by atoms with van der Waals surface area (Å²) >= 11 is 0. The van der Waals surface area contributed by atoms with E-state index in [0.717, 1.165) is 18.4 Å². The van der Waals surface area contributed by atoms with Crippen molar-refractivity contribution >= 4 is 35.3 Å². The number of carbonyl (C=O) groups is 6. The number of rotatable bonds is 15. The Hall–Kier alpha value is -4.74. The van der Waals surface area contributed by atoms with E-state index in [1.165, 1.54) is 4.90 Å². The number of primary amides is 1. The molecule has 1 aliphatic heterocycles. The fourth-order valence-corrected chi connectivity index (χ4v) is 6.02. The predicted octanol–water partition coefficient (Wildman–Crippen LogP) is 3.52. The van der Waals surface area contributed by atoms with Gasteiger partial charge in [-0.2, -0.15) is 0 Å². The number of likely N-dealkylation sites (tertiary alicyclic amines) is 1. The van der Waals surface area contributed by atoms with Gasteiger partial charge in [0.1, 0.15) is 24.4 Å². The Balaban J connectivity index is 1.46. The molecule has 1 saturated heterocycles. The monoisotopic (exact) mass is 675 g/mol. The largest absolute Gasteiger partial charge is 0.488 e. The van der Waals surface area contributed by atoms with Gasteiger partial charge in [-0.05, 0) is 54.2 Å². The number of ketones is 2. The van der Waals surface area contributed by atoms with Crippen LogP contribution in [0.25, 0.3) is 0 Å². The van der Waals surface area contributed by atoms with Gasteiger partial charge in [0.2, 0.25) is 17.6 Å².